The van der Waals surface area contributed by atoms with E-state index in [9.17, 15) is 4.79 Å². The number of para-hydroxylation sites is 3. The van der Waals surface area contributed by atoms with Crippen LogP contribution in [0.5, 0.6) is 11.5 Å². The van der Waals surface area contributed by atoms with E-state index in [2.05, 4.69) is 17.2 Å². The predicted octanol–water partition coefficient (Wildman–Crippen LogP) is 6.47. The van der Waals surface area contributed by atoms with Crippen LogP contribution in [0.2, 0.25) is 0 Å². The van der Waals surface area contributed by atoms with Crippen LogP contribution in [-0.2, 0) is 0 Å². The number of carbonyl (C=O) groups is 1. The zero-order chi connectivity index (χ0) is 20.2. The van der Waals surface area contributed by atoms with E-state index in [-0.39, 0.29) is 5.91 Å². The molecule has 4 rings (SSSR count). The number of thiazole rings is 1. The van der Waals surface area contributed by atoms with Gasteiger partial charge in [-0.25, -0.2) is 4.98 Å². The third-order valence-electron chi connectivity index (χ3n) is 4.43. The fraction of sp³-hybridized carbons (Fsp3) is 0.0833. The Balaban J connectivity index is 1.52. The van der Waals surface area contributed by atoms with Crippen LogP contribution in [0.1, 0.15) is 20.2 Å². The summed E-state index contributed by atoms with van der Waals surface area (Å²) >= 11 is 1.67. The highest BCUT2D eigenvalue weighted by atomic mass is 32.1. The smallest absolute Gasteiger partial charge is 0.255 e. The number of rotatable bonds is 5. The van der Waals surface area contributed by atoms with Gasteiger partial charge in [0, 0.05) is 16.0 Å². The quantitative estimate of drug-likeness (QED) is 0.417. The molecule has 0 bridgehead atoms. The van der Waals surface area contributed by atoms with Crippen molar-refractivity contribution in [3.05, 3.63) is 94.3 Å². The van der Waals surface area contributed by atoms with Crippen molar-refractivity contribution >= 4 is 22.9 Å². The number of amides is 1. The number of benzene rings is 3. The topological polar surface area (TPSA) is 51.2 Å². The lowest BCUT2D eigenvalue weighted by molar-refractivity contribution is 0.102. The van der Waals surface area contributed by atoms with Gasteiger partial charge in [-0.05, 0) is 50.2 Å². The third-order valence-corrected chi connectivity index (χ3v) is 5.32. The highest BCUT2D eigenvalue weighted by Crippen LogP contribution is 2.30. The number of anilines is 1. The third kappa shape index (κ3) is 4.36. The minimum absolute atomic E-state index is 0.188. The molecule has 0 saturated heterocycles. The van der Waals surface area contributed by atoms with E-state index >= 15 is 0 Å². The van der Waals surface area contributed by atoms with E-state index in [1.807, 2.05) is 85.8 Å². The van der Waals surface area contributed by atoms with Crippen LogP contribution in [-0.4, -0.2) is 10.9 Å². The molecule has 144 valence electrons. The van der Waals surface area contributed by atoms with Gasteiger partial charge < -0.3 is 10.1 Å². The Hall–Kier alpha value is -3.44. The molecule has 0 aliphatic rings. The summed E-state index contributed by atoms with van der Waals surface area (Å²) in [5, 5.41) is 3.98. The molecule has 1 aromatic heterocycles. The second-order valence-electron chi connectivity index (χ2n) is 6.58. The second kappa shape index (κ2) is 8.29. The van der Waals surface area contributed by atoms with Gasteiger partial charge in [0.15, 0.2) is 5.75 Å². The van der Waals surface area contributed by atoms with Crippen molar-refractivity contribution in [1.82, 2.24) is 4.98 Å². The molecule has 1 N–H and O–H groups in total. The average molecular weight is 401 g/mol. The lowest BCUT2D eigenvalue weighted by Crippen LogP contribution is -2.12. The fourth-order valence-electron chi connectivity index (χ4n) is 3.05. The standard InChI is InChI=1S/C24H20N2O2S/c1-16-23(25-17(2)29-16)18-12-14-19(15-13-18)24(27)26-21-10-6-7-11-22(21)28-20-8-4-3-5-9-20/h3-15H,1-2H3,(H,26,27). The minimum Gasteiger partial charge on any atom is -0.455 e. The van der Waals surface area contributed by atoms with Crippen LogP contribution in [0.4, 0.5) is 5.69 Å². The Bertz CT molecular complexity index is 1140. The van der Waals surface area contributed by atoms with E-state index in [0.29, 0.717) is 22.7 Å². The van der Waals surface area contributed by atoms with Crippen molar-refractivity contribution in [2.24, 2.45) is 0 Å². The normalized spacial score (nSPS) is 10.6. The van der Waals surface area contributed by atoms with Gasteiger partial charge >= 0.3 is 0 Å². The first kappa shape index (κ1) is 18.9. The summed E-state index contributed by atoms with van der Waals surface area (Å²) in [6.07, 6.45) is 0. The molecule has 0 saturated carbocycles. The first-order chi connectivity index (χ1) is 14.1. The Kier molecular flexibility index (Phi) is 5.40. The lowest BCUT2D eigenvalue weighted by atomic mass is 10.1. The van der Waals surface area contributed by atoms with Crippen LogP contribution < -0.4 is 10.1 Å². The molecule has 0 unspecified atom stereocenters. The lowest BCUT2D eigenvalue weighted by Gasteiger charge is -2.12. The highest BCUT2D eigenvalue weighted by molar-refractivity contribution is 7.11. The highest BCUT2D eigenvalue weighted by Gasteiger charge is 2.12. The first-order valence-corrected chi connectivity index (χ1v) is 10.1. The van der Waals surface area contributed by atoms with Crippen LogP contribution >= 0.6 is 11.3 Å². The number of aryl methyl sites for hydroxylation is 2. The Morgan fingerprint density at radius 2 is 1.59 bits per heavy atom. The molecular weight excluding hydrogens is 380 g/mol. The molecule has 0 radical (unpaired) electrons. The van der Waals surface area contributed by atoms with Crippen molar-refractivity contribution in [3.8, 4) is 22.8 Å². The largest absolute Gasteiger partial charge is 0.455 e. The summed E-state index contributed by atoms with van der Waals surface area (Å²) in [7, 11) is 0. The SMILES string of the molecule is Cc1nc(-c2ccc(C(=O)Nc3ccccc3Oc3ccccc3)cc2)c(C)s1. The van der Waals surface area contributed by atoms with Gasteiger partial charge in [-0.2, -0.15) is 0 Å². The maximum absolute atomic E-state index is 12.8. The number of carbonyl (C=O) groups excluding carboxylic acids is 1. The summed E-state index contributed by atoms with van der Waals surface area (Å²) in [5.74, 6) is 1.12. The van der Waals surface area contributed by atoms with Gasteiger partial charge in [0.25, 0.3) is 5.91 Å². The van der Waals surface area contributed by atoms with Crippen molar-refractivity contribution < 1.29 is 9.53 Å². The predicted molar refractivity (Wildman–Crippen MR) is 118 cm³/mol. The van der Waals surface area contributed by atoms with E-state index in [1.165, 1.54) is 4.88 Å². The maximum Gasteiger partial charge on any atom is 0.255 e. The molecule has 0 aliphatic heterocycles. The Morgan fingerprint density at radius 3 is 2.28 bits per heavy atom. The average Bonchev–Trinajstić information content (AvgIpc) is 3.08. The molecule has 1 amide bonds. The van der Waals surface area contributed by atoms with Crippen LogP contribution in [0.3, 0.4) is 0 Å². The van der Waals surface area contributed by atoms with Crippen molar-refractivity contribution in [2.45, 2.75) is 13.8 Å². The van der Waals surface area contributed by atoms with Crippen LogP contribution in [0.15, 0.2) is 78.9 Å². The number of aromatic nitrogens is 1. The molecule has 4 nitrogen and oxygen atoms in total. The Labute approximate surface area is 173 Å². The second-order valence-corrected chi connectivity index (χ2v) is 7.99. The summed E-state index contributed by atoms with van der Waals surface area (Å²) in [4.78, 5) is 18.5. The number of nitrogens with zero attached hydrogens (tertiary/aromatic N) is 1. The zero-order valence-corrected chi connectivity index (χ0v) is 17.0. The molecular formula is C24H20N2O2S. The van der Waals surface area contributed by atoms with Crippen molar-refractivity contribution in [2.75, 3.05) is 5.32 Å². The van der Waals surface area contributed by atoms with Gasteiger partial charge in [0.2, 0.25) is 0 Å². The van der Waals surface area contributed by atoms with Crippen molar-refractivity contribution in [1.29, 1.82) is 0 Å². The molecule has 0 fully saturated rings. The minimum atomic E-state index is -0.188. The molecule has 29 heavy (non-hydrogen) atoms. The summed E-state index contributed by atoms with van der Waals surface area (Å²) in [6.45, 7) is 4.06. The van der Waals surface area contributed by atoms with Crippen LogP contribution in [0, 0.1) is 13.8 Å². The van der Waals surface area contributed by atoms with Gasteiger partial charge in [-0.15, -0.1) is 11.3 Å². The molecule has 3 aromatic carbocycles. The van der Waals surface area contributed by atoms with Crippen molar-refractivity contribution in [3.63, 3.8) is 0 Å². The number of hydrogen-bond donors (Lipinski definition) is 1. The molecule has 1 heterocycles. The molecule has 0 atom stereocenters. The molecule has 0 aliphatic carbocycles. The van der Waals surface area contributed by atoms with Gasteiger partial charge in [0.05, 0.1) is 16.4 Å². The Morgan fingerprint density at radius 1 is 0.897 bits per heavy atom. The van der Waals surface area contributed by atoms with E-state index in [1.54, 1.807) is 11.3 Å². The van der Waals surface area contributed by atoms with E-state index in [4.69, 9.17) is 4.74 Å². The molecule has 4 aromatic rings. The number of nitrogens with one attached hydrogen (secondary N) is 1. The zero-order valence-electron chi connectivity index (χ0n) is 16.2. The van der Waals surface area contributed by atoms with Gasteiger partial charge in [-0.3, -0.25) is 4.79 Å². The summed E-state index contributed by atoms with van der Waals surface area (Å²) in [5.41, 5.74) is 3.18. The summed E-state index contributed by atoms with van der Waals surface area (Å²) < 4.78 is 5.92. The fourth-order valence-corrected chi connectivity index (χ4v) is 3.89. The molecule has 5 heteroatoms. The van der Waals surface area contributed by atoms with Gasteiger partial charge in [0.1, 0.15) is 5.75 Å². The van der Waals surface area contributed by atoms with Crippen LogP contribution in [0.25, 0.3) is 11.3 Å². The van der Waals surface area contributed by atoms with Gasteiger partial charge in [-0.1, -0.05) is 42.5 Å². The number of hydrogen-bond acceptors (Lipinski definition) is 4. The monoisotopic (exact) mass is 400 g/mol. The van der Waals surface area contributed by atoms with E-state index < -0.39 is 0 Å². The maximum atomic E-state index is 12.8. The molecule has 0 spiro atoms. The first-order valence-electron chi connectivity index (χ1n) is 9.28. The van der Waals surface area contributed by atoms with E-state index in [0.717, 1.165) is 16.3 Å². The number of ether oxygens (including phenoxy) is 1. The summed E-state index contributed by atoms with van der Waals surface area (Å²) in [6, 6.07) is 24.4.